The van der Waals surface area contributed by atoms with Crippen molar-refractivity contribution >= 4 is 0 Å². The van der Waals surface area contributed by atoms with Gasteiger partial charge in [-0.05, 0) is 38.5 Å². The molecule has 0 radical (unpaired) electrons. The Balaban J connectivity index is 2.35. The molecule has 0 heterocycles. The molecule has 90 valence electrons. The average Bonchev–Trinajstić information content (AvgIpc) is 2.80. The van der Waals surface area contributed by atoms with E-state index in [0.717, 1.165) is 12.8 Å². The third-order valence-corrected chi connectivity index (χ3v) is 2.99. The molecule has 0 aliphatic heterocycles. The Labute approximate surface area is 89.4 Å². The molecule has 1 N–H and O–H groups in total. The summed E-state index contributed by atoms with van der Waals surface area (Å²) in [4.78, 5) is 0. The lowest BCUT2D eigenvalue weighted by Gasteiger charge is -2.25. The molecule has 1 unspecified atom stereocenters. The number of alkyl halides is 3. The lowest BCUT2D eigenvalue weighted by atomic mass is 10.0. The summed E-state index contributed by atoms with van der Waals surface area (Å²) in [6.45, 7) is 6.01. The summed E-state index contributed by atoms with van der Waals surface area (Å²) in [7, 11) is 0. The molecule has 1 aliphatic carbocycles. The molecule has 0 bridgehead atoms. The Morgan fingerprint density at radius 1 is 1.13 bits per heavy atom. The van der Waals surface area contributed by atoms with Crippen LogP contribution in [-0.4, -0.2) is 17.8 Å². The molecule has 0 aromatic carbocycles. The van der Waals surface area contributed by atoms with Gasteiger partial charge < -0.3 is 5.32 Å². The highest BCUT2D eigenvalue weighted by Crippen LogP contribution is 2.49. The molecule has 1 aliphatic rings. The van der Waals surface area contributed by atoms with Gasteiger partial charge >= 0.3 is 6.18 Å². The van der Waals surface area contributed by atoms with Gasteiger partial charge in [0.15, 0.2) is 0 Å². The second-order valence-corrected chi connectivity index (χ2v) is 5.10. The van der Waals surface area contributed by atoms with Crippen molar-refractivity contribution in [2.75, 3.05) is 0 Å². The van der Waals surface area contributed by atoms with E-state index in [4.69, 9.17) is 0 Å². The van der Waals surface area contributed by atoms with E-state index >= 15 is 0 Å². The van der Waals surface area contributed by atoms with Crippen molar-refractivity contribution < 1.29 is 13.2 Å². The SMILES string of the molecule is CC(C)CCC(C)NC1(C(F)(F)F)CC1. The highest BCUT2D eigenvalue weighted by atomic mass is 19.4. The quantitative estimate of drug-likeness (QED) is 0.752. The van der Waals surface area contributed by atoms with Crippen molar-refractivity contribution in [1.82, 2.24) is 5.32 Å². The van der Waals surface area contributed by atoms with Crippen LogP contribution in [-0.2, 0) is 0 Å². The summed E-state index contributed by atoms with van der Waals surface area (Å²) in [5.74, 6) is 0.551. The molecular formula is C11H20F3N. The Morgan fingerprint density at radius 2 is 1.67 bits per heavy atom. The van der Waals surface area contributed by atoms with Gasteiger partial charge in [-0.3, -0.25) is 0 Å². The molecule has 4 heteroatoms. The predicted molar refractivity (Wildman–Crippen MR) is 54.7 cm³/mol. The Kier molecular flexibility index (Phi) is 3.69. The van der Waals surface area contributed by atoms with Crippen molar-refractivity contribution in [2.45, 2.75) is 64.2 Å². The van der Waals surface area contributed by atoms with Gasteiger partial charge in [-0.1, -0.05) is 13.8 Å². The molecule has 1 atom stereocenters. The van der Waals surface area contributed by atoms with Crippen LogP contribution >= 0.6 is 0 Å². The fourth-order valence-electron chi connectivity index (χ4n) is 1.76. The molecule has 1 saturated carbocycles. The summed E-state index contributed by atoms with van der Waals surface area (Å²) in [5, 5.41) is 2.74. The topological polar surface area (TPSA) is 12.0 Å². The molecule has 0 amide bonds. The van der Waals surface area contributed by atoms with Crippen LogP contribution < -0.4 is 5.32 Å². The zero-order valence-electron chi connectivity index (χ0n) is 9.62. The summed E-state index contributed by atoms with van der Waals surface area (Å²) < 4.78 is 37.8. The van der Waals surface area contributed by atoms with Crippen molar-refractivity contribution in [3.8, 4) is 0 Å². The average molecular weight is 223 g/mol. The number of halogens is 3. The summed E-state index contributed by atoms with van der Waals surface area (Å²) >= 11 is 0. The minimum absolute atomic E-state index is 0.0449. The van der Waals surface area contributed by atoms with Crippen LogP contribution in [0.4, 0.5) is 13.2 Å². The van der Waals surface area contributed by atoms with Gasteiger partial charge in [-0.25, -0.2) is 0 Å². The standard InChI is InChI=1S/C11H20F3N/c1-8(2)4-5-9(3)15-10(6-7-10)11(12,13)14/h8-9,15H,4-7H2,1-3H3. The first-order valence-electron chi connectivity index (χ1n) is 5.61. The fraction of sp³-hybridized carbons (Fsp3) is 1.00. The molecule has 0 aromatic heterocycles. The summed E-state index contributed by atoms with van der Waals surface area (Å²) in [6.07, 6.45) is -1.82. The molecule has 15 heavy (non-hydrogen) atoms. The van der Waals surface area contributed by atoms with Crippen LogP contribution in [0, 0.1) is 5.92 Å². The highest BCUT2D eigenvalue weighted by Gasteiger charge is 2.63. The zero-order chi connectivity index (χ0) is 11.7. The predicted octanol–water partition coefficient (Wildman–Crippen LogP) is 3.50. The largest absolute Gasteiger partial charge is 0.406 e. The van der Waals surface area contributed by atoms with Crippen LogP contribution in [0.15, 0.2) is 0 Å². The Hall–Kier alpha value is -0.250. The Morgan fingerprint density at radius 3 is 2.00 bits per heavy atom. The molecule has 1 fully saturated rings. The second kappa shape index (κ2) is 4.32. The molecule has 0 aromatic rings. The van der Waals surface area contributed by atoms with Gasteiger partial charge in [0.05, 0.1) is 0 Å². The van der Waals surface area contributed by atoms with Crippen molar-refractivity contribution in [3.63, 3.8) is 0 Å². The second-order valence-electron chi connectivity index (χ2n) is 5.10. The van der Waals surface area contributed by atoms with Crippen molar-refractivity contribution in [3.05, 3.63) is 0 Å². The van der Waals surface area contributed by atoms with E-state index in [0.29, 0.717) is 5.92 Å². The van der Waals surface area contributed by atoms with Gasteiger partial charge in [0.2, 0.25) is 0 Å². The van der Waals surface area contributed by atoms with Crippen LogP contribution in [0.25, 0.3) is 0 Å². The maximum absolute atomic E-state index is 12.6. The number of rotatable bonds is 5. The Bertz CT molecular complexity index is 206. The summed E-state index contributed by atoms with van der Waals surface area (Å²) in [6, 6.07) is -0.0449. The summed E-state index contributed by atoms with van der Waals surface area (Å²) in [5.41, 5.74) is -1.55. The number of nitrogens with one attached hydrogen (secondary N) is 1. The van der Waals surface area contributed by atoms with Gasteiger partial charge in [0.1, 0.15) is 5.54 Å². The number of hydrogen-bond acceptors (Lipinski definition) is 1. The van der Waals surface area contributed by atoms with E-state index in [1.807, 2.05) is 6.92 Å². The molecule has 1 nitrogen and oxygen atoms in total. The smallest absolute Gasteiger partial charge is 0.301 e. The normalized spacial score (nSPS) is 21.8. The fourth-order valence-corrected chi connectivity index (χ4v) is 1.76. The van der Waals surface area contributed by atoms with Crippen molar-refractivity contribution in [2.24, 2.45) is 5.92 Å². The van der Waals surface area contributed by atoms with Gasteiger partial charge in [0, 0.05) is 6.04 Å². The first-order chi connectivity index (χ1) is 6.77. The van der Waals surface area contributed by atoms with E-state index in [2.05, 4.69) is 19.2 Å². The first-order valence-corrected chi connectivity index (χ1v) is 5.61. The lowest BCUT2D eigenvalue weighted by Crippen LogP contribution is -2.48. The van der Waals surface area contributed by atoms with Crippen LogP contribution in [0.1, 0.15) is 46.5 Å². The molecule has 0 spiro atoms. The van der Waals surface area contributed by atoms with Gasteiger partial charge in [-0.2, -0.15) is 13.2 Å². The van der Waals surface area contributed by atoms with E-state index in [9.17, 15) is 13.2 Å². The molecule has 1 rings (SSSR count). The van der Waals surface area contributed by atoms with Crippen molar-refractivity contribution in [1.29, 1.82) is 0 Å². The van der Waals surface area contributed by atoms with Gasteiger partial charge in [0.25, 0.3) is 0 Å². The van der Waals surface area contributed by atoms with E-state index < -0.39 is 11.7 Å². The third-order valence-electron chi connectivity index (χ3n) is 2.99. The highest BCUT2D eigenvalue weighted by molar-refractivity contribution is 5.08. The van der Waals surface area contributed by atoms with Crippen LogP contribution in [0.2, 0.25) is 0 Å². The molecular weight excluding hydrogens is 203 g/mol. The maximum atomic E-state index is 12.6. The van der Waals surface area contributed by atoms with Crippen LogP contribution in [0.3, 0.4) is 0 Å². The minimum atomic E-state index is -4.08. The third kappa shape index (κ3) is 3.37. The van der Waals surface area contributed by atoms with E-state index in [1.54, 1.807) is 0 Å². The van der Waals surface area contributed by atoms with E-state index in [-0.39, 0.29) is 18.9 Å². The first kappa shape index (κ1) is 12.8. The maximum Gasteiger partial charge on any atom is 0.406 e. The lowest BCUT2D eigenvalue weighted by molar-refractivity contribution is -0.167. The van der Waals surface area contributed by atoms with Gasteiger partial charge in [-0.15, -0.1) is 0 Å². The zero-order valence-corrected chi connectivity index (χ0v) is 9.62. The molecule has 0 saturated heterocycles. The monoisotopic (exact) mass is 223 g/mol. The number of hydrogen-bond donors (Lipinski definition) is 1. The van der Waals surface area contributed by atoms with Crippen LogP contribution in [0.5, 0.6) is 0 Å². The minimum Gasteiger partial charge on any atom is -0.301 e. The van der Waals surface area contributed by atoms with E-state index in [1.165, 1.54) is 0 Å².